The second-order valence-corrected chi connectivity index (χ2v) is 5.44. The van der Waals surface area contributed by atoms with Gasteiger partial charge in [-0.1, -0.05) is 12.1 Å². The maximum absolute atomic E-state index is 13.2. The van der Waals surface area contributed by atoms with Crippen LogP contribution in [0.2, 0.25) is 0 Å². The highest BCUT2D eigenvalue weighted by Gasteiger charge is 2.21. The molecule has 0 bridgehead atoms. The first-order chi connectivity index (χ1) is 10.7. The third-order valence-electron chi connectivity index (χ3n) is 3.78. The Morgan fingerprint density at radius 1 is 1.36 bits per heavy atom. The van der Waals surface area contributed by atoms with Crippen LogP contribution in [0.5, 0.6) is 0 Å². The van der Waals surface area contributed by atoms with Gasteiger partial charge in [-0.15, -0.1) is 0 Å². The lowest BCUT2D eigenvalue weighted by Crippen LogP contribution is -2.47. The van der Waals surface area contributed by atoms with E-state index in [0.717, 1.165) is 50.6 Å². The molecule has 0 aromatic heterocycles. The molecule has 122 valence electrons. The quantitative estimate of drug-likeness (QED) is 0.671. The van der Waals surface area contributed by atoms with Gasteiger partial charge in [0.2, 0.25) is 0 Å². The largest absolute Gasteiger partial charge is 0.378 e. The number of nitrogens with zero attached hydrogens (tertiary/aromatic N) is 2. The summed E-state index contributed by atoms with van der Waals surface area (Å²) in [6, 6.07) is 6.61. The molecule has 1 aliphatic rings. The Morgan fingerprint density at radius 2 is 2.14 bits per heavy atom. The first kappa shape index (κ1) is 16.7. The van der Waals surface area contributed by atoms with Crippen LogP contribution in [-0.4, -0.2) is 43.2 Å². The number of hydrogen-bond donors (Lipinski definition) is 1. The molecule has 1 heterocycles. The summed E-state index contributed by atoms with van der Waals surface area (Å²) >= 11 is 0. The van der Waals surface area contributed by atoms with Crippen molar-refractivity contribution >= 4 is 5.96 Å². The van der Waals surface area contributed by atoms with E-state index in [1.807, 2.05) is 13.0 Å². The van der Waals surface area contributed by atoms with E-state index in [1.165, 1.54) is 12.1 Å². The van der Waals surface area contributed by atoms with Crippen LogP contribution < -0.4 is 5.32 Å². The Kier molecular flexibility index (Phi) is 6.65. The molecule has 1 aromatic carbocycles. The van der Waals surface area contributed by atoms with Crippen molar-refractivity contribution in [3.05, 3.63) is 35.6 Å². The van der Waals surface area contributed by atoms with Crippen molar-refractivity contribution < 1.29 is 9.13 Å². The van der Waals surface area contributed by atoms with Crippen molar-refractivity contribution in [3.8, 4) is 0 Å². The molecular weight excluding hydrogens is 281 g/mol. The summed E-state index contributed by atoms with van der Waals surface area (Å²) in [5, 5.41) is 3.33. The number of halogens is 1. The van der Waals surface area contributed by atoms with Crippen LogP contribution in [0.15, 0.2) is 29.3 Å². The van der Waals surface area contributed by atoms with Crippen LogP contribution in [0.4, 0.5) is 4.39 Å². The molecule has 4 nitrogen and oxygen atoms in total. The summed E-state index contributed by atoms with van der Waals surface area (Å²) in [6.45, 7) is 8.08. The number of hydrogen-bond acceptors (Lipinski definition) is 2. The summed E-state index contributed by atoms with van der Waals surface area (Å²) < 4.78 is 18.9. The van der Waals surface area contributed by atoms with Gasteiger partial charge in [-0.25, -0.2) is 9.38 Å². The number of likely N-dealkylation sites (tertiary alicyclic amines) is 1. The molecule has 0 radical (unpaired) electrons. The van der Waals surface area contributed by atoms with Gasteiger partial charge in [-0.3, -0.25) is 0 Å². The van der Waals surface area contributed by atoms with Gasteiger partial charge in [-0.2, -0.15) is 0 Å². The lowest BCUT2D eigenvalue weighted by Gasteiger charge is -2.34. The molecule has 0 aliphatic carbocycles. The number of piperidine rings is 1. The van der Waals surface area contributed by atoms with E-state index in [4.69, 9.17) is 4.74 Å². The van der Waals surface area contributed by atoms with E-state index in [0.29, 0.717) is 12.6 Å². The fraction of sp³-hybridized carbons (Fsp3) is 0.588. The SMILES string of the molecule is CCNC(=NCc1cccc(F)c1)N1CCC(OCC)CC1. The summed E-state index contributed by atoms with van der Waals surface area (Å²) in [7, 11) is 0. The number of aliphatic imine (C=N–C) groups is 1. The average molecular weight is 307 g/mol. The van der Waals surface area contributed by atoms with Crippen LogP contribution >= 0.6 is 0 Å². The van der Waals surface area contributed by atoms with Crippen molar-refractivity contribution in [1.29, 1.82) is 0 Å². The Bertz CT molecular complexity index is 485. The summed E-state index contributed by atoms with van der Waals surface area (Å²) in [4.78, 5) is 6.91. The Hall–Kier alpha value is -1.62. The Labute approximate surface area is 132 Å². The zero-order valence-corrected chi connectivity index (χ0v) is 13.5. The molecule has 5 heteroatoms. The fourth-order valence-corrected chi connectivity index (χ4v) is 2.70. The number of nitrogens with one attached hydrogen (secondary N) is 1. The molecule has 1 aromatic rings. The van der Waals surface area contributed by atoms with Crippen LogP contribution in [0, 0.1) is 5.82 Å². The van der Waals surface area contributed by atoms with Gasteiger partial charge in [0, 0.05) is 26.2 Å². The molecule has 0 spiro atoms. The highest BCUT2D eigenvalue weighted by molar-refractivity contribution is 5.80. The molecule has 1 fully saturated rings. The zero-order chi connectivity index (χ0) is 15.8. The standard InChI is InChI=1S/C17H26FN3O/c1-3-19-17(20-13-14-6-5-7-15(18)12-14)21-10-8-16(9-11-21)22-4-2/h5-7,12,16H,3-4,8-11,13H2,1-2H3,(H,19,20). The van der Waals surface area contributed by atoms with Crippen molar-refractivity contribution in [2.75, 3.05) is 26.2 Å². The van der Waals surface area contributed by atoms with E-state index in [2.05, 4.69) is 22.1 Å². The number of guanidine groups is 1. The number of benzene rings is 1. The first-order valence-electron chi connectivity index (χ1n) is 8.12. The van der Waals surface area contributed by atoms with Gasteiger partial charge in [0.15, 0.2) is 5.96 Å². The van der Waals surface area contributed by atoms with E-state index in [1.54, 1.807) is 6.07 Å². The van der Waals surface area contributed by atoms with Crippen LogP contribution in [-0.2, 0) is 11.3 Å². The first-order valence-corrected chi connectivity index (χ1v) is 8.12. The Morgan fingerprint density at radius 3 is 2.77 bits per heavy atom. The van der Waals surface area contributed by atoms with E-state index in [-0.39, 0.29) is 5.82 Å². The van der Waals surface area contributed by atoms with Crippen molar-refractivity contribution in [1.82, 2.24) is 10.2 Å². The maximum Gasteiger partial charge on any atom is 0.194 e. The Balaban J connectivity index is 1.96. The van der Waals surface area contributed by atoms with Gasteiger partial charge in [-0.05, 0) is 44.4 Å². The van der Waals surface area contributed by atoms with Gasteiger partial charge >= 0.3 is 0 Å². The van der Waals surface area contributed by atoms with Crippen molar-refractivity contribution in [2.45, 2.75) is 39.3 Å². The van der Waals surface area contributed by atoms with Crippen LogP contribution in [0.25, 0.3) is 0 Å². The zero-order valence-electron chi connectivity index (χ0n) is 13.5. The van der Waals surface area contributed by atoms with E-state index < -0.39 is 0 Å². The van der Waals surface area contributed by atoms with Crippen LogP contribution in [0.3, 0.4) is 0 Å². The molecule has 2 rings (SSSR count). The molecule has 0 atom stereocenters. The molecule has 0 saturated carbocycles. The molecule has 22 heavy (non-hydrogen) atoms. The fourth-order valence-electron chi connectivity index (χ4n) is 2.70. The van der Waals surface area contributed by atoms with E-state index >= 15 is 0 Å². The second kappa shape index (κ2) is 8.73. The predicted octanol–water partition coefficient (Wildman–Crippen LogP) is 2.79. The highest BCUT2D eigenvalue weighted by Crippen LogP contribution is 2.14. The normalized spacial score (nSPS) is 16.9. The second-order valence-electron chi connectivity index (χ2n) is 5.44. The third kappa shape index (κ3) is 4.98. The molecular formula is C17H26FN3O. The molecule has 0 unspecified atom stereocenters. The third-order valence-corrected chi connectivity index (χ3v) is 3.78. The average Bonchev–Trinajstić information content (AvgIpc) is 2.53. The van der Waals surface area contributed by atoms with Crippen molar-refractivity contribution in [2.24, 2.45) is 4.99 Å². The van der Waals surface area contributed by atoms with Gasteiger partial charge < -0.3 is 15.0 Å². The van der Waals surface area contributed by atoms with Crippen molar-refractivity contribution in [3.63, 3.8) is 0 Å². The minimum Gasteiger partial charge on any atom is -0.378 e. The minimum atomic E-state index is -0.213. The monoisotopic (exact) mass is 307 g/mol. The van der Waals surface area contributed by atoms with Gasteiger partial charge in [0.1, 0.15) is 5.82 Å². The lowest BCUT2D eigenvalue weighted by molar-refractivity contribution is 0.0263. The lowest BCUT2D eigenvalue weighted by atomic mass is 10.1. The molecule has 1 saturated heterocycles. The molecule has 1 aliphatic heterocycles. The van der Waals surface area contributed by atoms with Crippen LogP contribution in [0.1, 0.15) is 32.3 Å². The minimum absolute atomic E-state index is 0.213. The van der Waals surface area contributed by atoms with Gasteiger partial charge in [0.05, 0.1) is 12.6 Å². The van der Waals surface area contributed by atoms with E-state index in [9.17, 15) is 4.39 Å². The maximum atomic E-state index is 13.2. The summed E-state index contributed by atoms with van der Waals surface area (Å²) in [6.07, 6.45) is 2.42. The summed E-state index contributed by atoms with van der Waals surface area (Å²) in [5.74, 6) is 0.692. The number of ether oxygens (including phenoxy) is 1. The molecule has 1 N–H and O–H groups in total. The predicted molar refractivity (Wildman–Crippen MR) is 87.4 cm³/mol. The highest BCUT2D eigenvalue weighted by atomic mass is 19.1. The topological polar surface area (TPSA) is 36.9 Å². The number of rotatable bonds is 5. The van der Waals surface area contributed by atoms with Gasteiger partial charge in [0.25, 0.3) is 0 Å². The summed E-state index contributed by atoms with van der Waals surface area (Å²) in [5.41, 5.74) is 0.889. The molecule has 0 amide bonds. The smallest absolute Gasteiger partial charge is 0.194 e.